The number of hydrogen-bond acceptors (Lipinski definition) is 4. The maximum Gasteiger partial charge on any atom is 0.170 e. The Hall–Kier alpha value is -1.84. The van der Waals surface area contributed by atoms with Crippen molar-refractivity contribution in [1.82, 2.24) is 0 Å². The summed E-state index contributed by atoms with van der Waals surface area (Å²) < 4.78 is 11.3. The third-order valence-electron chi connectivity index (χ3n) is 4.48. The summed E-state index contributed by atoms with van der Waals surface area (Å²) in [6.45, 7) is 8.29. The van der Waals surface area contributed by atoms with Gasteiger partial charge in [-0.05, 0) is 35.4 Å². The Morgan fingerprint density at radius 2 is 1.43 bits per heavy atom. The average molecular weight is 318 g/mol. The van der Waals surface area contributed by atoms with Gasteiger partial charge in [0.25, 0.3) is 0 Å². The van der Waals surface area contributed by atoms with Crippen molar-refractivity contribution in [1.29, 1.82) is 0 Å². The molecule has 23 heavy (non-hydrogen) atoms. The van der Waals surface area contributed by atoms with Crippen molar-refractivity contribution >= 4 is 11.6 Å². The van der Waals surface area contributed by atoms with E-state index in [2.05, 4.69) is 13.8 Å². The number of benzene rings is 1. The monoisotopic (exact) mass is 318 g/mol. The smallest absolute Gasteiger partial charge is 0.170 e. The highest BCUT2D eigenvalue weighted by atomic mass is 16.5. The van der Waals surface area contributed by atoms with Crippen molar-refractivity contribution in [3.05, 3.63) is 23.8 Å². The van der Waals surface area contributed by atoms with Gasteiger partial charge < -0.3 is 9.47 Å². The van der Waals surface area contributed by atoms with E-state index >= 15 is 0 Å². The fraction of sp³-hybridized carbons (Fsp3) is 0.579. The van der Waals surface area contributed by atoms with Gasteiger partial charge in [-0.2, -0.15) is 0 Å². The number of carbonyl (C=O) groups excluding carboxylic acids is 2. The highest BCUT2D eigenvalue weighted by molar-refractivity contribution is 5.82. The lowest BCUT2D eigenvalue weighted by Crippen LogP contribution is -2.23. The van der Waals surface area contributed by atoms with Crippen LogP contribution in [0.15, 0.2) is 18.2 Å². The molecule has 4 heteroatoms. The van der Waals surface area contributed by atoms with Gasteiger partial charge in [0.2, 0.25) is 0 Å². The van der Waals surface area contributed by atoms with Gasteiger partial charge in [-0.1, -0.05) is 33.8 Å². The lowest BCUT2D eigenvalue weighted by Gasteiger charge is -2.21. The van der Waals surface area contributed by atoms with Gasteiger partial charge in [0.1, 0.15) is 13.2 Å². The standard InChI is InChI=1S/C19H26O4/c1-12(2)15-5-6-18-19(9-15)23-11-17(21)8-14(4)13(3)7-16(20)10-22-18/h5-6,9,12-14H,7-8,10-11H2,1-4H3. The van der Waals surface area contributed by atoms with E-state index in [1.165, 1.54) is 0 Å². The molecule has 1 aromatic carbocycles. The summed E-state index contributed by atoms with van der Waals surface area (Å²) in [7, 11) is 0. The van der Waals surface area contributed by atoms with Crippen molar-refractivity contribution < 1.29 is 19.1 Å². The summed E-state index contributed by atoms with van der Waals surface area (Å²) >= 11 is 0. The molecule has 0 aliphatic carbocycles. The first-order valence-electron chi connectivity index (χ1n) is 8.29. The topological polar surface area (TPSA) is 52.6 Å². The molecule has 0 radical (unpaired) electrons. The van der Waals surface area contributed by atoms with Crippen molar-refractivity contribution in [3.63, 3.8) is 0 Å². The minimum atomic E-state index is 0.0440. The number of rotatable bonds is 1. The molecule has 2 rings (SSSR count). The molecule has 0 N–H and O–H groups in total. The molecule has 0 saturated heterocycles. The molecule has 0 aromatic heterocycles. The molecule has 126 valence electrons. The van der Waals surface area contributed by atoms with Crippen LogP contribution in [0, 0.1) is 11.8 Å². The number of hydrogen-bond donors (Lipinski definition) is 0. The SMILES string of the molecule is CC(C)c1ccc2c(c1)OCC(=O)CC(C)C(C)CC(=O)CO2. The second-order valence-electron chi connectivity index (χ2n) is 6.88. The van der Waals surface area contributed by atoms with Gasteiger partial charge in [-0.25, -0.2) is 0 Å². The van der Waals surface area contributed by atoms with Crippen molar-refractivity contribution in [2.75, 3.05) is 13.2 Å². The minimum Gasteiger partial charge on any atom is -0.482 e. The van der Waals surface area contributed by atoms with Gasteiger partial charge in [0.15, 0.2) is 23.1 Å². The second-order valence-corrected chi connectivity index (χ2v) is 6.88. The van der Waals surface area contributed by atoms with E-state index in [0.29, 0.717) is 30.3 Å². The van der Waals surface area contributed by atoms with Crippen LogP contribution in [0.2, 0.25) is 0 Å². The zero-order chi connectivity index (χ0) is 17.0. The Kier molecular flexibility index (Phi) is 5.80. The fourth-order valence-corrected chi connectivity index (χ4v) is 2.67. The van der Waals surface area contributed by atoms with Gasteiger partial charge >= 0.3 is 0 Å². The summed E-state index contributed by atoms with van der Waals surface area (Å²) in [6, 6.07) is 5.69. The molecule has 4 nitrogen and oxygen atoms in total. The zero-order valence-corrected chi connectivity index (χ0v) is 14.4. The van der Waals surface area contributed by atoms with Crippen molar-refractivity contribution in [2.24, 2.45) is 11.8 Å². The maximum atomic E-state index is 12.1. The van der Waals surface area contributed by atoms with E-state index in [1.54, 1.807) is 0 Å². The van der Waals surface area contributed by atoms with E-state index in [-0.39, 0.29) is 36.6 Å². The Morgan fingerprint density at radius 3 is 1.96 bits per heavy atom. The lowest BCUT2D eigenvalue weighted by atomic mass is 9.87. The first-order valence-corrected chi connectivity index (χ1v) is 8.29. The third-order valence-corrected chi connectivity index (χ3v) is 4.48. The van der Waals surface area contributed by atoms with Crippen LogP contribution in [-0.4, -0.2) is 24.8 Å². The van der Waals surface area contributed by atoms with Crippen LogP contribution in [0.25, 0.3) is 0 Å². The Labute approximate surface area is 138 Å². The molecule has 0 saturated carbocycles. The lowest BCUT2D eigenvalue weighted by molar-refractivity contribution is -0.125. The first-order chi connectivity index (χ1) is 10.9. The van der Waals surface area contributed by atoms with Crippen LogP contribution >= 0.6 is 0 Å². The molecule has 0 spiro atoms. The van der Waals surface area contributed by atoms with E-state index < -0.39 is 0 Å². The number of carbonyl (C=O) groups is 2. The predicted octanol–water partition coefficient (Wildman–Crippen LogP) is 3.77. The Bertz CT molecular complexity index is 577. The summed E-state index contributed by atoms with van der Waals surface area (Å²) in [5.41, 5.74) is 1.11. The van der Waals surface area contributed by atoms with Crippen LogP contribution in [0.1, 0.15) is 52.0 Å². The molecule has 1 heterocycles. The van der Waals surface area contributed by atoms with E-state index in [1.807, 2.05) is 32.0 Å². The summed E-state index contributed by atoms with van der Waals surface area (Å²) in [5.74, 6) is 1.85. The van der Waals surface area contributed by atoms with Gasteiger partial charge in [-0.3, -0.25) is 9.59 Å². The summed E-state index contributed by atoms with van der Waals surface area (Å²) in [5, 5.41) is 0. The first kappa shape index (κ1) is 17.5. The number of ether oxygens (including phenoxy) is 2. The number of Topliss-reactive ketones (excluding diaryl/α,β-unsaturated/α-hetero) is 2. The largest absolute Gasteiger partial charge is 0.482 e. The molecule has 1 aliphatic rings. The average Bonchev–Trinajstić information content (AvgIpc) is 2.50. The molecule has 0 amide bonds. The molecule has 0 bridgehead atoms. The van der Waals surface area contributed by atoms with Crippen LogP contribution in [-0.2, 0) is 9.59 Å². The normalized spacial score (nSPS) is 23.3. The molecule has 0 fully saturated rings. The van der Waals surface area contributed by atoms with Crippen molar-refractivity contribution in [3.8, 4) is 11.5 Å². The quantitative estimate of drug-likeness (QED) is 0.791. The van der Waals surface area contributed by atoms with E-state index in [0.717, 1.165) is 5.56 Å². The molecule has 2 atom stereocenters. The molecular weight excluding hydrogens is 292 g/mol. The zero-order valence-electron chi connectivity index (χ0n) is 14.4. The van der Waals surface area contributed by atoms with E-state index in [9.17, 15) is 9.59 Å². The summed E-state index contributed by atoms with van der Waals surface area (Å²) in [6.07, 6.45) is 0.878. The highest BCUT2D eigenvalue weighted by Gasteiger charge is 2.21. The van der Waals surface area contributed by atoms with Gasteiger partial charge in [0, 0.05) is 12.8 Å². The van der Waals surface area contributed by atoms with Crippen LogP contribution in [0.4, 0.5) is 0 Å². The number of fused-ring (bicyclic) bond motifs is 1. The van der Waals surface area contributed by atoms with E-state index in [4.69, 9.17) is 9.47 Å². The van der Waals surface area contributed by atoms with Gasteiger partial charge in [0.05, 0.1) is 0 Å². The third kappa shape index (κ3) is 4.81. The predicted molar refractivity (Wildman–Crippen MR) is 89.1 cm³/mol. The van der Waals surface area contributed by atoms with Crippen molar-refractivity contribution in [2.45, 2.75) is 46.5 Å². The molecule has 1 aromatic rings. The highest BCUT2D eigenvalue weighted by Crippen LogP contribution is 2.32. The molecule has 2 unspecified atom stereocenters. The maximum absolute atomic E-state index is 12.1. The van der Waals surface area contributed by atoms with Crippen LogP contribution < -0.4 is 9.47 Å². The molecular formula is C19H26O4. The number of ketones is 2. The van der Waals surface area contributed by atoms with Gasteiger partial charge in [-0.15, -0.1) is 0 Å². The fourth-order valence-electron chi connectivity index (χ4n) is 2.67. The summed E-state index contributed by atoms with van der Waals surface area (Å²) in [4.78, 5) is 24.2. The van der Waals surface area contributed by atoms with Crippen LogP contribution in [0.5, 0.6) is 11.5 Å². The minimum absolute atomic E-state index is 0.0440. The second kappa shape index (κ2) is 7.62. The Balaban J connectivity index is 2.25. The molecule has 1 aliphatic heterocycles. The Morgan fingerprint density at radius 1 is 0.913 bits per heavy atom. The van der Waals surface area contributed by atoms with Crippen LogP contribution in [0.3, 0.4) is 0 Å².